The van der Waals surface area contributed by atoms with Gasteiger partial charge in [-0.15, -0.1) is 0 Å². The van der Waals surface area contributed by atoms with Crippen molar-refractivity contribution in [2.24, 2.45) is 0 Å². The maximum absolute atomic E-state index is 11.3. The van der Waals surface area contributed by atoms with E-state index in [9.17, 15) is 4.79 Å². The van der Waals surface area contributed by atoms with E-state index in [1.165, 1.54) is 0 Å². The Kier molecular flexibility index (Phi) is 3.52. The third kappa shape index (κ3) is 2.92. The van der Waals surface area contributed by atoms with Crippen molar-refractivity contribution in [2.45, 2.75) is 0 Å². The van der Waals surface area contributed by atoms with Crippen molar-refractivity contribution < 1.29 is 4.79 Å². The minimum absolute atomic E-state index is 0.112. The van der Waals surface area contributed by atoms with Gasteiger partial charge in [0.05, 0.1) is 12.2 Å². The molecule has 2 aromatic rings. The summed E-state index contributed by atoms with van der Waals surface area (Å²) in [5, 5.41) is 12.4. The van der Waals surface area contributed by atoms with E-state index >= 15 is 0 Å². The Morgan fingerprint density at radius 2 is 2.12 bits per heavy atom. The zero-order chi connectivity index (χ0) is 12.1. The van der Waals surface area contributed by atoms with Gasteiger partial charge >= 0.3 is 0 Å². The fourth-order valence-corrected chi connectivity index (χ4v) is 1.50. The molecule has 1 amide bonds. The summed E-state index contributed by atoms with van der Waals surface area (Å²) in [6.45, 7) is 0.271. The zero-order valence-electron chi connectivity index (χ0n) is 9.53. The summed E-state index contributed by atoms with van der Waals surface area (Å²) in [5.74, 6) is 0.419. The second-order valence-electron chi connectivity index (χ2n) is 3.61. The maximum Gasteiger partial charge on any atom is 0.239 e. The molecule has 0 bridgehead atoms. The number of nitrogens with zero attached hydrogens (tertiary/aromatic N) is 1. The van der Waals surface area contributed by atoms with Crippen LogP contribution in [0.1, 0.15) is 0 Å². The third-order valence-electron chi connectivity index (χ3n) is 2.27. The molecule has 3 N–H and O–H groups in total. The summed E-state index contributed by atoms with van der Waals surface area (Å²) in [6, 6.07) is 11.6. The van der Waals surface area contributed by atoms with Crippen LogP contribution in [0.15, 0.2) is 36.4 Å². The molecule has 0 radical (unpaired) electrons. The largest absolute Gasteiger partial charge is 0.311 e. The van der Waals surface area contributed by atoms with Crippen LogP contribution in [0, 0.1) is 0 Å². The van der Waals surface area contributed by atoms with E-state index in [4.69, 9.17) is 0 Å². The number of likely N-dealkylation sites (N-methyl/N-ethyl adjacent to an activating group) is 1. The van der Waals surface area contributed by atoms with Gasteiger partial charge in [-0.1, -0.05) is 30.3 Å². The fraction of sp³-hybridized carbons (Fsp3) is 0.167. The van der Waals surface area contributed by atoms with E-state index in [0.717, 1.165) is 11.3 Å². The number of H-pyrrole nitrogens is 1. The molecule has 1 aromatic heterocycles. The van der Waals surface area contributed by atoms with Gasteiger partial charge in [0, 0.05) is 6.07 Å². The van der Waals surface area contributed by atoms with Crippen molar-refractivity contribution >= 4 is 11.7 Å². The number of aromatic nitrogens is 2. The van der Waals surface area contributed by atoms with Crippen molar-refractivity contribution in [1.29, 1.82) is 0 Å². The Morgan fingerprint density at radius 3 is 2.82 bits per heavy atom. The van der Waals surface area contributed by atoms with E-state index in [1.54, 1.807) is 7.05 Å². The highest BCUT2D eigenvalue weighted by Gasteiger charge is 2.05. The van der Waals surface area contributed by atoms with Gasteiger partial charge in [-0.05, 0) is 12.6 Å². The smallest absolute Gasteiger partial charge is 0.239 e. The second-order valence-corrected chi connectivity index (χ2v) is 3.61. The van der Waals surface area contributed by atoms with Crippen molar-refractivity contribution in [3.05, 3.63) is 36.4 Å². The number of hydrogen-bond donors (Lipinski definition) is 3. The SMILES string of the molecule is CNCC(=O)Nc1cc(-c2ccccc2)[nH]n1. The van der Waals surface area contributed by atoms with Crippen molar-refractivity contribution in [3.8, 4) is 11.3 Å². The number of nitrogens with one attached hydrogen (secondary N) is 3. The first-order valence-electron chi connectivity index (χ1n) is 5.35. The van der Waals surface area contributed by atoms with Gasteiger partial charge in [-0.2, -0.15) is 5.10 Å². The molecule has 0 spiro atoms. The van der Waals surface area contributed by atoms with Crippen LogP contribution < -0.4 is 10.6 Å². The summed E-state index contributed by atoms with van der Waals surface area (Å²) in [4.78, 5) is 11.3. The molecule has 0 atom stereocenters. The molecular formula is C12H14N4O. The lowest BCUT2D eigenvalue weighted by Crippen LogP contribution is -2.25. The first-order chi connectivity index (χ1) is 8.29. The molecule has 0 aliphatic carbocycles. The van der Waals surface area contributed by atoms with Gasteiger partial charge < -0.3 is 10.6 Å². The molecule has 5 heteroatoms. The van der Waals surface area contributed by atoms with Gasteiger partial charge in [-0.3, -0.25) is 9.89 Å². The van der Waals surface area contributed by atoms with Crippen LogP contribution in [0.25, 0.3) is 11.3 Å². The summed E-state index contributed by atoms with van der Waals surface area (Å²) >= 11 is 0. The highest BCUT2D eigenvalue weighted by molar-refractivity contribution is 5.91. The van der Waals surface area contributed by atoms with Crippen molar-refractivity contribution in [2.75, 3.05) is 18.9 Å². The summed E-state index contributed by atoms with van der Waals surface area (Å²) in [6.07, 6.45) is 0. The normalized spacial score (nSPS) is 10.2. The van der Waals surface area contributed by atoms with Gasteiger partial charge in [0.25, 0.3) is 0 Å². The number of aromatic amines is 1. The highest BCUT2D eigenvalue weighted by atomic mass is 16.1. The van der Waals surface area contributed by atoms with Crippen LogP contribution in [-0.4, -0.2) is 29.7 Å². The molecule has 0 aliphatic rings. The predicted molar refractivity (Wildman–Crippen MR) is 66.6 cm³/mol. The highest BCUT2D eigenvalue weighted by Crippen LogP contribution is 2.18. The van der Waals surface area contributed by atoms with Crippen LogP contribution in [0.4, 0.5) is 5.82 Å². The molecule has 0 fully saturated rings. The van der Waals surface area contributed by atoms with Crippen LogP contribution in [-0.2, 0) is 4.79 Å². The van der Waals surface area contributed by atoms with Crippen LogP contribution >= 0.6 is 0 Å². The molecule has 17 heavy (non-hydrogen) atoms. The number of amides is 1. The third-order valence-corrected chi connectivity index (χ3v) is 2.27. The first kappa shape index (κ1) is 11.3. The van der Waals surface area contributed by atoms with Crippen LogP contribution in [0.5, 0.6) is 0 Å². The lowest BCUT2D eigenvalue weighted by Gasteiger charge is -1.99. The molecular weight excluding hydrogens is 216 g/mol. The lowest BCUT2D eigenvalue weighted by molar-refractivity contribution is -0.115. The van der Waals surface area contributed by atoms with Crippen molar-refractivity contribution in [1.82, 2.24) is 15.5 Å². The maximum atomic E-state index is 11.3. The second kappa shape index (κ2) is 5.27. The van der Waals surface area contributed by atoms with Crippen LogP contribution in [0.2, 0.25) is 0 Å². The molecule has 2 rings (SSSR count). The molecule has 5 nitrogen and oxygen atoms in total. The number of anilines is 1. The summed E-state index contributed by atoms with van der Waals surface area (Å²) < 4.78 is 0. The quantitative estimate of drug-likeness (QED) is 0.740. The van der Waals surface area contributed by atoms with E-state index in [1.807, 2.05) is 36.4 Å². The van der Waals surface area contributed by atoms with E-state index in [0.29, 0.717) is 5.82 Å². The molecule has 0 unspecified atom stereocenters. The molecule has 88 valence electrons. The molecule has 1 heterocycles. The number of carbonyl (C=O) groups excluding carboxylic acids is 1. The summed E-state index contributed by atoms with van der Waals surface area (Å²) in [5.41, 5.74) is 1.92. The Morgan fingerprint density at radius 1 is 1.35 bits per heavy atom. The van der Waals surface area contributed by atoms with Gasteiger partial charge in [-0.25, -0.2) is 0 Å². The zero-order valence-corrected chi connectivity index (χ0v) is 9.53. The van der Waals surface area contributed by atoms with Crippen LogP contribution in [0.3, 0.4) is 0 Å². The van der Waals surface area contributed by atoms with Gasteiger partial charge in [0.2, 0.25) is 5.91 Å². The minimum Gasteiger partial charge on any atom is -0.311 e. The molecule has 0 aliphatic heterocycles. The molecule has 1 aromatic carbocycles. The van der Waals surface area contributed by atoms with Gasteiger partial charge in [0.15, 0.2) is 5.82 Å². The Bertz CT molecular complexity index is 492. The van der Waals surface area contributed by atoms with E-state index in [2.05, 4.69) is 20.8 Å². The van der Waals surface area contributed by atoms with Crippen molar-refractivity contribution in [3.63, 3.8) is 0 Å². The first-order valence-corrected chi connectivity index (χ1v) is 5.35. The Hall–Kier alpha value is -2.14. The number of hydrogen-bond acceptors (Lipinski definition) is 3. The average molecular weight is 230 g/mol. The van der Waals surface area contributed by atoms with Gasteiger partial charge in [0.1, 0.15) is 0 Å². The predicted octanol–water partition coefficient (Wildman–Crippen LogP) is 1.23. The minimum atomic E-state index is -0.112. The standard InChI is InChI=1S/C12H14N4O/c1-13-8-12(17)14-11-7-10(15-16-11)9-5-3-2-4-6-9/h2-7,13H,8H2,1H3,(H2,14,15,16,17). The number of benzene rings is 1. The fourth-order valence-electron chi connectivity index (χ4n) is 1.50. The monoisotopic (exact) mass is 230 g/mol. The topological polar surface area (TPSA) is 69.8 Å². The van der Waals surface area contributed by atoms with E-state index in [-0.39, 0.29) is 12.5 Å². The number of carbonyl (C=O) groups is 1. The Labute approximate surface area is 99.2 Å². The molecule has 0 saturated heterocycles. The average Bonchev–Trinajstić information content (AvgIpc) is 2.79. The Balaban J connectivity index is 2.09. The van der Waals surface area contributed by atoms with E-state index < -0.39 is 0 Å². The summed E-state index contributed by atoms with van der Waals surface area (Å²) in [7, 11) is 1.72. The lowest BCUT2D eigenvalue weighted by atomic mass is 10.2. The molecule has 0 saturated carbocycles. The number of rotatable bonds is 4.